The van der Waals surface area contributed by atoms with Crippen LogP contribution in [-0.4, -0.2) is 11.5 Å². The van der Waals surface area contributed by atoms with Gasteiger partial charge in [-0.15, -0.1) is 0 Å². The van der Waals surface area contributed by atoms with E-state index in [1.807, 2.05) is 12.3 Å². The third kappa shape index (κ3) is 4.51. The highest BCUT2D eigenvalue weighted by Gasteiger charge is 2.05. The zero-order valence-corrected chi connectivity index (χ0v) is 10.4. The van der Waals surface area contributed by atoms with Crippen LogP contribution in [0.4, 0.5) is 11.4 Å². The Kier molecular flexibility index (Phi) is 5.68. The molecule has 0 saturated heterocycles. The smallest absolute Gasteiger partial charge is 0.0547 e. The molecule has 0 fully saturated rings. The second-order valence-electron chi connectivity index (χ2n) is 4.30. The molecular weight excluding hydrogens is 198 g/mol. The van der Waals surface area contributed by atoms with Crippen LogP contribution in [0.15, 0.2) is 18.5 Å². The highest BCUT2D eigenvalue weighted by molar-refractivity contribution is 5.51. The first-order valence-electron chi connectivity index (χ1n) is 6.20. The highest BCUT2D eigenvalue weighted by atomic mass is 14.9. The normalized spacial score (nSPS) is 12.4. The quantitative estimate of drug-likeness (QED) is 0.742. The van der Waals surface area contributed by atoms with Crippen LogP contribution in [-0.2, 0) is 0 Å². The van der Waals surface area contributed by atoms with E-state index in [9.17, 15) is 0 Å². The van der Waals surface area contributed by atoms with Gasteiger partial charge in [0.25, 0.3) is 0 Å². The first kappa shape index (κ1) is 12.8. The molecule has 3 N–H and O–H groups in total. The Hall–Kier alpha value is -1.25. The number of rotatable bonds is 7. The van der Waals surface area contributed by atoms with Gasteiger partial charge >= 0.3 is 0 Å². The Bertz CT molecular complexity index is 299. The van der Waals surface area contributed by atoms with E-state index in [2.05, 4.69) is 24.1 Å². The molecule has 0 aliphatic rings. The van der Waals surface area contributed by atoms with Gasteiger partial charge in [0.05, 0.1) is 17.6 Å². The van der Waals surface area contributed by atoms with Gasteiger partial charge in [0, 0.05) is 12.7 Å². The molecule has 1 unspecified atom stereocenters. The molecule has 0 bridgehead atoms. The molecule has 0 spiro atoms. The molecule has 3 heteroatoms. The number of hydrogen-bond acceptors (Lipinski definition) is 3. The van der Waals surface area contributed by atoms with E-state index >= 15 is 0 Å². The SMILES string of the molecule is CCCCC(CC)CNc1cncc(N)c1. The number of anilines is 2. The molecule has 1 aromatic rings. The second kappa shape index (κ2) is 7.09. The van der Waals surface area contributed by atoms with E-state index in [0.717, 1.165) is 18.2 Å². The Morgan fingerprint density at radius 2 is 2.19 bits per heavy atom. The van der Waals surface area contributed by atoms with Crippen molar-refractivity contribution in [1.29, 1.82) is 0 Å². The summed E-state index contributed by atoms with van der Waals surface area (Å²) in [6, 6.07) is 1.93. The number of nitrogen functional groups attached to an aromatic ring is 1. The maximum absolute atomic E-state index is 5.68. The maximum Gasteiger partial charge on any atom is 0.0547 e. The van der Waals surface area contributed by atoms with Gasteiger partial charge in [0.15, 0.2) is 0 Å². The third-order valence-corrected chi connectivity index (χ3v) is 2.90. The molecule has 0 saturated carbocycles. The number of aromatic nitrogens is 1. The lowest BCUT2D eigenvalue weighted by Gasteiger charge is -2.16. The van der Waals surface area contributed by atoms with E-state index in [4.69, 9.17) is 5.73 Å². The lowest BCUT2D eigenvalue weighted by Crippen LogP contribution is -2.13. The fraction of sp³-hybridized carbons (Fsp3) is 0.615. The summed E-state index contributed by atoms with van der Waals surface area (Å²) in [5, 5.41) is 3.40. The molecule has 0 amide bonds. The molecule has 1 atom stereocenters. The van der Waals surface area contributed by atoms with Crippen molar-refractivity contribution < 1.29 is 0 Å². The molecule has 16 heavy (non-hydrogen) atoms. The number of nitrogens with zero attached hydrogens (tertiary/aromatic N) is 1. The van der Waals surface area contributed by atoms with Crippen molar-refractivity contribution in [2.75, 3.05) is 17.6 Å². The molecule has 3 nitrogen and oxygen atoms in total. The van der Waals surface area contributed by atoms with Crippen molar-refractivity contribution >= 4 is 11.4 Å². The molecule has 0 aliphatic heterocycles. The van der Waals surface area contributed by atoms with E-state index in [-0.39, 0.29) is 0 Å². The summed E-state index contributed by atoms with van der Waals surface area (Å²) in [6.45, 7) is 5.50. The van der Waals surface area contributed by atoms with Gasteiger partial charge in [-0.25, -0.2) is 0 Å². The molecule has 1 heterocycles. The van der Waals surface area contributed by atoms with Gasteiger partial charge in [-0.05, 0) is 18.4 Å². The number of unbranched alkanes of at least 4 members (excludes halogenated alkanes) is 1. The monoisotopic (exact) mass is 221 g/mol. The molecule has 0 aromatic carbocycles. The summed E-state index contributed by atoms with van der Waals surface area (Å²) in [7, 11) is 0. The van der Waals surface area contributed by atoms with Crippen LogP contribution < -0.4 is 11.1 Å². The van der Waals surface area contributed by atoms with Crippen LogP contribution in [0.3, 0.4) is 0 Å². The summed E-state index contributed by atoms with van der Waals surface area (Å²) < 4.78 is 0. The van der Waals surface area contributed by atoms with Gasteiger partial charge in [-0.3, -0.25) is 4.98 Å². The minimum Gasteiger partial charge on any atom is -0.397 e. The van der Waals surface area contributed by atoms with E-state index < -0.39 is 0 Å². The van der Waals surface area contributed by atoms with Gasteiger partial charge in [-0.2, -0.15) is 0 Å². The fourth-order valence-corrected chi connectivity index (χ4v) is 1.76. The third-order valence-electron chi connectivity index (χ3n) is 2.90. The topological polar surface area (TPSA) is 50.9 Å². The first-order valence-corrected chi connectivity index (χ1v) is 6.20. The molecule has 1 aromatic heterocycles. The first-order chi connectivity index (χ1) is 7.76. The summed E-state index contributed by atoms with van der Waals surface area (Å²) in [5.41, 5.74) is 7.41. The summed E-state index contributed by atoms with van der Waals surface area (Å²) in [4.78, 5) is 4.06. The predicted octanol–water partition coefficient (Wildman–Crippen LogP) is 3.29. The lowest BCUT2D eigenvalue weighted by atomic mass is 9.99. The molecule has 0 aliphatic carbocycles. The minimum atomic E-state index is 0.714. The number of nitrogens with two attached hydrogens (primary N) is 1. The Morgan fingerprint density at radius 1 is 1.38 bits per heavy atom. The minimum absolute atomic E-state index is 0.714. The van der Waals surface area contributed by atoms with Gasteiger partial charge < -0.3 is 11.1 Å². The van der Waals surface area contributed by atoms with E-state index in [1.54, 1.807) is 6.20 Å². The largest absolute Gasteiger partial charge is 0.397 e. The predicted molar refractivity (Wildman–Crippen MR) is 70.4 cm³/mol. The molecule has 1 rings (SSSR count). The summed E-state index contributed by atoms with van der Waals surface area (Å²) in [6.07, 6.45) is 8.60. The summed E-state index contributed by atoms with van der Waals surface area (Å²) >= 11 is 0. The van der Waals surface area contributed by atoms with Gasteiger partial charge in [0.1, 0.15) is 0 Å². The van der Waals surface area contributed by atoms with Crippen molar-refractivity contribution in [3.63, 3.8) is 0 Å². The number of hydrogen-bond donors (Lipinski definition) is 2. The molecular formula is C13H23N3. The Labute approximate surface area is 98.5 Å². The van der Waals surface area contributed by atoms with Crippen molar-refractivity contribution in [3.05, 3.63) is 18.5 Å². The standard InChI is InChI=1S/C13H23N3/c1-3-5-6-11(4-2)8-16-13-7-12(14)9-15-10-13/h7,9-11,16H,3-6,8,14H2,1-2H3. The van der Waals surface area contributed by atoms with Gasteiger partial charge in [0.2, 0.25) is 0 Å². The number of nitrogens with one attached hydrogen (secondary N) is 1. The Balaban J connectivity index is 2.37. The van der Waals surface area contributed by atoms with Crippen LogP contribution in [0, 0.1) is 5.92 Å². The van der Waals surface area contributed by atoms with Crippen molar-refractivity contribution in [2.45, 2.75) is 39.5 Å². The fourth-order valence-electron chi connectivity index (χ4n) is 1.76. The van der Waals surface area contributed by atoms with Gasteiger partial charge in [-0.1, -0.05) is 33.1 Å². The zero-order valence-electron chi connectivity index (χ0n) is 10.4. The number of pyridine rings is 1. The highest BCUT2D eigenvalue weighted by Crippen LogP contribution is 2.15. The van der Waals surface area contributed by atoms with Crippen molar-refractivity contribution in [3.8, 4) is 0 Å². The average Bonchev–Trinajstić information content (AvgIpc) is 2.29. The van der Waals surface area contributed by atoms with Crippen LogP contribution >= 0.6 is 0 Å². The average molecular weight is 221 g/mol. The molecule has 0 radical (unpaired) electrons. The zero-order chi connectivity index (χ0) is 11.8. The van der Waals surface area contributed by atoms with E-state index in [1.165, 1.54) is 25.7 Å². The van der Waals surface area contributed by atoms with Crippen molar-refractivity contribution in [2.24, 2.45) is 5.92 Å². The van der Waals surface area contributed by atoms with Crippen molar-refractivity contribution in [1.82, 2.24) is 4.98 Å². The van der Waals surface area contributed by atoms with E-state index in [0.29, 0.717) is 5.69 Å². The van der Waals surface area contributed by atoms with Crippen LogP contribution in [0.1, 0.15) is 39.5 Å². The van der Waals surface area contributed by atoms with Crippen LogP contribution in [0.25, 0.3) is 0 Å². The summed E-state index contributed by atoms with van der Waals surface area (Å²) in [5.74, 6) is 0.751. The Morgan fingerprint density at radius 3 is 2.81 bits per heavy atom. The molecule has 90 valence electrons. The second-order valence-corrected chi connectivity index (χ2v) is 4.30. The maximum atomic E-state index is 5.68. The van der Waals surface area contributed by atoms with Crippen LogP contribution in [0.2, 0.25) is 0 Å². The van der Waals surface area contributed by atoms with Crippen LogP contribution in [0.5, 0.6) is 0 Å². The lowest BCUT2D eigenvalue weighted by molar-refractivity contribution is 0.473.